The minimum Gasteiger partial charge on any atom is -0.486 e. The van der Waals surface area contributed by atoms with E-state index in [1.54, 1.807) is 25.2 Å². The Morgan fingerprint density at radius 3 is 2.26 bits per heavy atom. The molecular weight excluding hydrogens is 362 g/mol. The largest absolute Gasteiger partial charge is 0.486 e. The Labute approximate surface area is 158 Å². The zero-order valence-corrected chi connectivity index (χ0v) is 15.6. The summed E-state index contributed by atoms with van der Waals surface area (Å²) in [5.74, 6) is 1.01. The lowest BCUT2D eigenvalue weighted by Gasteiger charge is -2.24. The Balaban J connectivity index is 1.76. The molecule has 0 spiro atoms. The van der Waals surface area contributed by atoms with E-state index in [1.807, 2.05) is 48.5 Å². The van der Waals surface area contributed by atoms with Gasteiger partial charge in [0.2, 0.25) is 0 Å². The van der Waals surface area contributed by atoms with Crippen LogP contribution in [-0.4, -0.2) is 28.7 Å². The molecule has 5 nitrogen and oxygen atoms in total. The molecule has 0 unspecified atom stereocenters. The van der Waals surface area contributed by atoms with Gasteiger partial charge in [0.05, 0.1) is 10.6 Å². The van der Waals surface area contributed by atoms with Gasteiger partial charge in [0.15, 0.2) is 11.5 Å². The highest BCUT2D eigenvalue weighted by molar-refractivity contribution is 7.92. The lowest BCUT2D eigenvalue weighted by molar-refractivity contribution is 0.171. The fourth-order valence-corrected chi connectivity index (χ4v) is 4.31. The van der Waals surface area contributed by atoms with E-state index < -0.39 is 10.0 Å². The molecule has 0 amide bonds. The van der Waals surface area contributed by atoms with Crippen molar-refractivity contribution in [2.75, 3.05) is 24.6 Å². The van der Waals surface area contributed by atoms with E-state index in [1.165, 1.54) is 10.4 Å². The molecule has 1 aliphatic rings. The van der Waals surface area contributed by atoms with Crippen molar-refractivity contribution < 1.29 is 17.9 Å². The van der Waals surface area contributed by atoms with Gasteiger partial charge in [0.25, 0.3) is 10.0 Å². The molecule has 138 valence electrons. The van der Waals surface area contributed by atoms with Gasteiger partial charge in [-0.1, -0.05) is 48.5 Å². The number of sulfonamides is 1. The third-order valence-electron chi connectivity index (χ3n) is 4.50. The number of nitrogens with zero attached hydrogens (tertiary/aromatic N) is 1. The highest BCUT2D eigenvalue weighted by Gasteiger charge is 2.25. The smallest absolute Gasteiger partial charge is 0.264 e. The molecule has 0 saturated heterocycles. The highest BCUT2D eigenvalue weighted by Crippen LogP contribution is 2.36. The Morgan fingerprint density at radius 2 is 1.48 bits per heavy atom. The summed E-state index contributed by atoms with van der Waals surface area (Å²) in [6, 6.07) is 21.9. The first kappa shape index (κ1) is 17.4. The quantitative estimate of drug-likeness (QED) is 0.687. The SMILES string of the molecule is CN(c1ccccc1-c1ccccc1)S(=O)(=O)c1ccc2c(c1)OCCO2. The van der Waals surface area contributed by atoms with Crippen molar-refractivity contribution in [3.63, 3.8) is 0 Å². The van der Waals surface area contributed by atoms with Crippen LogP contribution in [0.2, 0.25) is 0 Å². The number of para-hydroxylation sites is 1. The van der Waals surface area contributed by atoms with Crippen molar-refractivity contribution in [3.05, 3.63) is 72.8 Å². The van der Waals surface area contributed by atoms with E-state index in [9.17, 15) is 8.42 Å². The van der Waals surface area contributed by atoms with Crippen molar-refractivity contribution in [1.82, 2.24) is 0 Å². The normalized spacial score (nSPS) is 13.2. The maximum atomic E-state index is 13.2. The second-order valence-corrected chi connectivity index (χ2v) is 8.13. The average Bonchev–Trinajstić information content (AvgIpc) is 2.73. The topological polar surface area (TPSA) is 55.8 Å². The third kappa shape index (κ3) is 3.24. The Hall–Kier alpha value is -2.99. The van der Waals surface area contributed by atoms with Gasteiger partial charge in [-0.05, 0) is 23.8 Å². The minimum absolute atomic E-state index is 0.164. The van der Waals surface area contributed by atoms with Crippen LogP contribution in [0.1, 0.15) is 0 Å². The fraction of sp³-hybridized carbons (Fsp3) is 0.143. The molecule has 0 bridgehead atoms. The standard InChI is InChI=1S/C21H19NO4S/c1-22(19-10-6-5-9-18(19)16-7-3-2-4-8-16)27(23,24)17-11-12-20-21(15-17)26-14-13-25-20/h2-12,15H,13-14H2,1H3. The van der Waals surface area contributed by atoms with E-state index in [0.717, 1.165) is 11.1 Å². The van der Waals surface area contributed by atoms with Gasteiger partial charge in [-0.3, -0.25) is 4.31 Å². The number of hydrogen-bond donors (Lipinski definition) is 0. The molecule has 0 aromatic heterocycles. The molecule has 0 saturated carbocycles. The van der Waals surface area contributed by atoms with Gasteiger partial charge in [-0.25, -0.2) is 8.42 Å². The lowest BCUT2D eigenvalue weighted by atomic mass is 10.0. The monoisotopic (exact) mass is 381 g/mol. The second kappa shape index (κ2) is 6.96. The summed E-state index contributed by atoms with van der Waals surface area (Å²) in [6.45, 7) is 0.868. The molecule has 0 aliphatic carbocycles. The highest BCUT2D eigenvalue weighted by atomic mass is 32.2. The van der Waals surface area contributed by atoms with Crippen molar-refractivity contribution >= 4 is 15.7 Å². The van der Waals surface area contributed by atoms with Crippen LogP contribution in [0.25, 0.3) is 11.1 Å². The van der Waals surface area contributed by atoms with Gasteiger partial charge in [-0.15, -0.1) is 0 Å². The predicted molar refractivity (Wildman–Crippen MR) is 105 cm³/mol. The number of fused-ring (bicyclic) bond motifs is 1. The van der Waals surface area contributed by atoms with Gasteiger partial charge in [0.1, 0.15) is 13.2 Å². The van der Waals surface area contributed by atoms with Crippen LogP contribution in [0, 0.1) is 0 Å². The third-order valence-corrected chi connectivity index (χ3v) is 6.27. The van der Waals surface area contributed by atoms with Crippen molar-refractivity contribution in [2.45, 2.75) is 4.90 Å². The maximum Gasteiger partial charge on any atom is 0.264 e. The van der Waals surface area contributed by atoms with E-state index in [4.69, 9.17) is 9.47 Å². The number of benzene rings is 3. The molecule has 0 radical (unpaired) electrons. The molecular formula is C21H19NO4S. The molecule has 1 aliphatic heterocycles. The summed E-state index contributed by atoms with van der Waals surface area (Å²) in [6.07, 6.45) is 0. The molecule has 3 aromatic rings. The summed E-state index contributed by atoms with van der Waals surface area (Å²) < 4.78 is 38.8. The molecule has 4 rings (SSSR count). The Bertz CT molecular complexity index is 1060. The molecule has 0 fully saturated rings. The minimum atomic E-state index is -3.76. The molecule has 6 heteroatoms. The summed E-state index contributed by atoms with van der Waals surface area (Å²) in [5.41, 5.74) is 2.41. The van der Waals surface area contributed by atoms with Crippen molar-refractivity contribution in [1.29, 1.82) is 0 Å². The van der Waals surface area contributed by atoms with E-state index in [2.05, 4.69) is 0 Å². The zero-order valence-electron chi connectivity index (χ0n) is 14.8. The number of anilines is 1. The number of ether oxygens (including phenoxy) is 2. The molecule has 3 aromatic carbocycles. The summed E-state index contributed by atoms with van der Waals surface area (Å²) in [7, 11) is -2.19. The number of hydrogen-bond acceptors (Lipinski definition) is 4. The average molecular weight is 381 g/mol. The van der Waals surface area contributed by atoms with Gasteiger partial charge < -0.3 is 9.47 Å². The summed E-state index contributed by atoms with van der Waals surface area (Å²) in [4.78, 5) is 0.164. The van der Waals surface area contributed by atoms with Crippen LogP contribution >= 0.6 is 0 Å². The predicted octanol–water partition coefficient (Wildman–Crippen LogP) is 3.95. The van der Waals surface area contributed by atoms with Crippen molar-refractivity contribution in [2.24, 2.45) is 0 Å². The molecule has 0 N–H and O–H groups in total. The van der Waals surface area contributed by atoms with Gasteiger partial charge >= 0.3 is 0 Å². The first-order valence-electron chi connectivity index (χ1n) is 8.60. The summed E-state index contributed by atoms with van der Waals surface area (Å²) in [5, 5.41) is 0. The van der Waals surface area contributed by atoms with Crippen LogP contribution in [0.3, 0.4) is 0 Å². The zero-order chi connectivity index (χ0) is 18.9. The molecule has 0 atom stereocenters. The van der Waals surface area contributed by atoms with E-state index >= 15 is 0 Å². The van der Waals surface area contributed by atoms with Crippen molar-refractivity contribution in [3.8, 4) is 22.6 Å². The van der Waals surface area contributed by atoms with Gasteiger partial charge in [0, 0.05) is 18.7 Å². The maximum absolute atomic E-state index is 13.2. The fourth-order valence-electron chi connectivity index (χ4n) is 3.08. The van der Waals surface area contributed by atoms with E-state index in [0.29, 0.717) is 30.4 Å². The Kier molecular flexibility index (Phi) is 4.49. The van der Waals surface area contributed by atoms with Crippen LogP contribution in [0.4, 0.5) is 5.69 Å². The second-order valence-electron chi connectivity index (χ2n) is 6.16. The first-order valence-corrected chi connectivity index (χ1v) is 10.0. The Morgan fingerprint density at radius 1 is 0.815 bits per heavy atom. The lowest BCUT2D eigenvalue weighted by Crippen LogP contribution is -2.27. The number of rotatable bonds is 4. The van der Waals surface area contributed by atoms with Crippen LogP contribution in [0.5, 0.6) is 11.5 Å². The van der Waals surface area contributed by atoms with Gasteiger partial charge in [-0.2, -0.15) is 0 Å². The van der Waals surface area contributed by atoms with Crippen LogP contribution in [0.15, 0.2) is 77.7 Å². The molecule has 1 heterocycles. The summed E-state index contributed by atoms with van der Waals surface area (Å²) >= 11 is 0. The van der Waals surface area contributed by atoms with E-state index in [-0.39, 0.29) is 4.90 Å². The molecule has 27 heavy (non-hydrogen) atoms. The first-order chi connectivity index (χ1) is 13.1. The van der Waals surface area contributed by atoms with Crippen LogP contribution in [-0.2, 0) is 10.0 Å². The van der Waals surface area contributed by atoms with Crippen LogP contribution < -0.4 is 13.8 Å².